The average Bonchev–Trinajstić information content (AvgIpc) is 3.07. The fraction of sp³-hybridized carbons (Fsp3) is 0.125. The molecule has 0 bridgehead atoms. The van der Waals surface area contributed by atoms with Crippen molar-refractivity contribution in [2.75, 3.05) is 6.54 Å². The molecule has 4 nitrogen and oxygen atoms in total. The van der Waals surface area contributed by atoms with Crippen LogP contribution in [0.4, 0.5) is 4.39 Å². The van der Waals surface area contributed by atoms with Gasteiger partial charge in [0.05, 0.1) is 23.3 Å². The molecule has 2 aromatic heterocycles. The zero-order valence-electron chi connectivity index (χ0n) is 16.1. The molecule has 29 heavy (non-hydrogen) atoms. The highest BCUT2D eigenvalue weighted by molar-refractivity contribution is 5.98. The number of carbonyl (C=O) groups is 1. The van der Waals surface area contributed by atoms with E-state index in [4.69, 9.17) is 0 Å². The summed E-state index contributed by atoms with van der Waals surface area (Å²) < 4.78 is 15.0. The summed E-state index contributed by atoms with van der Waals surface area (Å²) in [5.41, 5.74) is 4.02. The number of rotatable bonds is 5. The summed E-state index contributed by atoms with van der Waals surface area (Å²) in [6, 6.07) is 13.0. The number of hydrogen-bond acceptors (Lipinski definition) is 3. The number of pyridine rings is 2. The van der Waals surface area contributed by atoms with Crippen LogP contribution in [-0.2, 0) is 6.54 Å². The number of aromatic nitrogens is 2. The summed E-state index contributed by atoms with van der Waals surface area (Å²) in [6.45, 7) is 6.35. The van der Waals surface area contributed by atoms with Crippen molar-refractivity contribution in [3.63, 3.8) is 0 Å². The summed E-state index contributed by atoms with van der Waals surface area (Å²) in [5.74, 6) is -0.526. The van der Waals surface area contributed by atoms with Gasteiger partial charge in [-0.15, -0.1) is 0 Å². The monoisotopic (exact) mass is 385 g/mol. The van der Waals surface area contributed by atoms with Gasteiger partial charge in [0.2, 0.25) is 0 Å². The molecule has 0 N–H and O–H groups in total. The van der Waals surface area contributed by atoms with Crippen LogP contribution in [0.1, 0.15) is 28.5 Å². The molecule has 0 unspecified atom stereocenters. The fourth-order valence-electron chi connectivity index (χ4n) is 3.42. The first-order valence-corrected chi connectivity index (χ1v) is 9.37. The molecule has 0 aliphatic carbocycles. The van der Waals surface area contributed by atoms with Gasteiger partial charge in [0, 0.05) is 29.9 Å². The van der Waals surface area contributed by atoms with E-state index in [1.54, 1.807) is 42.4 Å². The molecular weight excluding hydrogens is 365 g/mol. The number of amides is 1. The van der Waals surface area contributed by atoms with E-state index in [2.05, 4.69) is 16.5 Å². The Labute approximate surface area is 168 Å². The molecule has 0 fully saturated rings. The molecule has 4 rings (SSSR count). The Bertz CT molecular complexity index is 1180. The SMILES string of the molecule is C=C(/C=C(F)\C(=C/C)CN1Cc2ncccc2C1=O)c1ccc2ncccc2c1. The van der Waals surface area contributed by atoms with E-state index in [1.807, 2.05) is 30.3 Å². The highest BCUT2D eigenvalue weighted by Crippen LogP contribution is 2.26. The number of carbonyl (C=O) groups excluding carboxylic acids is 1. The number of fused-ring (bicyclic) bond motifs is 2. The minimum absolute atomic E-state index is 0.124. The maximum absolute atomic E-state index is 15.0. The number of allylic oxidation sites excluding steroid dienone is 3. The van der Waals surface area contributed by atoms with Crippen molar-refractivity contribution in [2.45, 2.75) is 13.5 Å². The van der Waals surface area contributed by atoms with Crippen LogP contribution in [0.25, 0.3) is 16.5 Å². The van der Waals surface area contributed by atoms with Gasteiger partial charge in [-0.2, -0.15) is 0 Å². The van der Waals surface area contributed by atoms with Crippen LogP contribution in [0, 0.1) is 0 Å². The van der Waals surface area contributed by atoms with Gasteiger partial charge >= 0.3 is 0 Å². The number of halogens is 1. The van der Waals surface area contributed by atoms with E-state index in [1.165, 1.54) is 6.08 Å². The first-order valence-electron chi connectivity index (χ1n) is 9.37. The van der Waals surface area contributed by atoms with Crippen molar-refractivity contribution in [3.8, 4) is 0 Å². The lowest BCUT2D eigenvalue weighted by molar-refractivity contribution is 0.0792. The first-order chi connectivity index (χ1) is 14.1. The lowest BCUT2D eigenvalue weighted by Gasteiger charge is -2.17. The van der Waals surface area contributed by atoms with Gasteiger partial charge in [0.1, 0.15) is 5.83 Å². The van der Waals surface area contributed by atoms with E-state index < -0.39 is 5.83 Å². The number of benzene rings is 1. The van der Waals surface area contributed by atoms with Crippen LogP contribution in [0.3, 0.4) is 0 Å². The first kappa shape index (κ1) is 18.7. The van der Waals surface area contributed by atoms with Crippen LogP contribution >= 0.6 is 0 Å². The highest BCUT2D eigenvalue weighted by atomic mass is 19.1. The molecule has 0 radical (unpaired) electrons. The van der Waals surface area contributed by atoms with Gasteiger partial charge in [-0.3, -0.25) is 14.8 Å². The van der Waals surface area contributed by atoms with E-state index >= 15 is 0 Å². The summed E-state index contributed by atoms with van der Waals surface area (Å²) in [7, 11) is 0. The molecule has 3 heterocycles. The average molecular weight is 385 g/mol. The maximum atomic E-state index is 15.0. The Hall–Kier alpha value is -3.60. The second kappa shape index (κ2) is 7.80. The van der Waals surface area contributed by atoms with Crippen LogP contribution in [0.15, 0.2) is 85.0 Å². The predicted molar refractivity (Wildman–Crippen MR) is 113 cm³/mol. The third-order valence-electron chi connectivity index (χ3n) is 5.04. The maximum Gasteiger partial charge on any atom is 0.256 e. The van der Waals surface area contributed by atoms with Gasteiger partial charge in [-0.1, -0.05) is 24.8 Å². The molecule has 0 saturated carbocycles. The molecule has 5 heteroatoms. The highest BCUT2D eigenvalue weighted by Gasteiger charge is 2.28. The largest absolute Gasteiger partial charge is 0.328 e. The van der Waals surface area contributed by atoms with Crippen LogP contribution in [0.2, 0.25) is 0 Å². The molecule has 1 aliphatic heterocycles. The third kappa shape index (κ3) is 3.72. The summed E-state index contributed by atoms with van der Waals surface area (Å²) in [6.07, 6.45) is 6.50. The van der Waals surface area contributed by atoms with Crippen LogP contribution in [0.5, 0.6) is 0 Å². The Morgan fingerprint density at radius 1 is 1.21 bits per heavy atom. The normalized spacial score (nSPS) is 14.4. The predicted octanol–water partition coefficient (Wildman–Crippen LogP) is 5.10. The molecule has 144 valence electrons. The molecule has 1 amide bonds. The molecule has 0 saturated heterocycles. The van der Waals surface area contributed by atoms with Crippen molar-refractivity contribution in [1.82, 2.24) is 14.9 Å². The Kier molecular flexibility index (Phi) is 5.04. The lowest BCUT2D eigenvalue weighted by Crippen LogP contribution is -2.26. The zero-order valence-corrected chi connectivity index (χ0v) is 16.1. The molecular formula is C24H20FN3O. The van der Waals surface area contributed by atoms with E-state index in [0.717, 1.165) is 22.2 Å². The van der Waals surface area contributed by atoms with E-state index in [-0.39, 0.29) is 12.5 Å². The third-order valence-corrected chi connectivity index (χ3v) is 5.04. The standard InChI is InChI=1S/C24H20FN3O/c1-3-17(14-28-15-23-20(24(28)29)7-5-11-27-23)21(25)12-16(2)18-8-9-22-19(13-18)6-4-10-26-22/h3-13H,2,14-15H2,1H3/b17-3-,21-12+. The smallest absolute Gasteiger partial charge is 0.256 e. The van der Waals surface area contributed by atoms with Crippen molar-refractivity contribution in [3.05, 3.63) is 102 Å². The van der Waals surface area contributed by atoms with Gasteiger partial charge in [0.15, 0.2) is 0 Å². The van der Waals surface area contributed by atoms with Gasteiger partial charge in [0.25, 0.3) is 5.91 Å². The summed E-state index contributed by atoms with van der Waals surface area (Å²) in [4.78, 5) is 22.7. The van der Waals surface area contributed by atoms with Gasteiger partial charge in [-0.25, -0.2) is 4.39 Å². The molecule has 1 aliphatic rings. The Morgan fingerprint density at radius 3 is 2.79 bits per heavy atom. The molecule has 0 atom stereocenters. The Morgan fingerprint density at radius 2 is 2.00 bits per heavy atom. The number of hydrogen-bond donors (Lipinski definition) is 0. The molecule has 1 aromatic carbocycles. The van der Waals surface area contributed by atoms with E-state index in [9.17, 15) is 9.18 Å². The molecule has 0 spiro atoms. The summed E-state index contributed by atoms with van der Waals surface area (Å²) in [5, 5.41) is 0.971. The van der Waals surface area contributed by atoms with Crippen molar-refractivity contribution >= 4 is 22.4 Å². The minimum Gasteiger partial charge on any atom is -0.328 e. The van der Waals surface area contributed by atoms with Crippen LogP contribution < -0.4 is 0 Å². The number of nitrogens with zero attached hydrogens (tertiary/aromatic N) is 3. The topological polar surface area (TPSA) is 46.1 Å². The second-order valence-electron chi connectivity index (χ2n) is 6.90. The summed E-state index contributed by atoms with van der Waals surface area (Å²) >= 11 is 0. The Balaban J connectivity index is 1.52. The van der Waals surface area contributed by atoms with Crippen LogP contribution in [-0.4, -0.2) is 27.3 Å². The minimum atomic E-state index is -0.402. The fourth-order valence-corrected chi connectivity index (χ4v) is 3.42. The van der Waals surface area contributed by atoms with Crippen molar-refractivity contribution < 1.29 is 9.18 Å². The van der Waals surface area contributed by atoms with Crippen molar-refractivity contribution in [2.24, 2.45) is 0 Å². The van der Waals surface area contributed by atoms with E-state index in [0.29, 0.717) is 23.3 Å². The quantitative estimate of drug-likeness (QED) is 0.574. The van der Waals surface area contributed by atoms with Crippen molar-refractivity contribution in [1.29, 1.82) is 0 Å². The van der Waals surface area contributed by atoms with Gasteiger partial charge < -0.3 is 4.90 Å². The zero-order chi connectivity index (χ0) is 20.4. The lowest BCUT2D eigenvalue weighted by atomic mass is 10.0. The van der Waals surface area contributed by atoms with Gasteiger partial charge in [-0.05, 0) is 54.5 Å². The second-order valence-corrected chi connectivity index (χ2v) is 6.90. The molecule has 3 aromatic rings.